The molecule has 0 bridgehead atoms. The van der Waals surface area contributed by atoms with E-state index in [2.05, 4.69) is 21.8 Å². The Morgan fingerprint density at radius 3 is 2.92 bits per heavy atom. The molecule has 0 aliphatic heterocycles. The van der Waals surface area contributed by atoms with Gasteiger partial charge in [0.05, 0.1) is 12.1 Å². The highest BCUT2D eigenvalue weighted by Crippen LogP contribution is 2.10. The van der Waals surface area contributed by atoms with Crippen molar-refractivity contribution in [1.82, 2.24) is 9.97 Å². The van der Waals surface area contributed by atoms with Crippen LogP contribution in [0.1, 0.15) is 5.56 Å². The van der Waals surface area contributed by atoms with Gasteiger partial charge in [-0.2, -0.15) is 4.98 Å². The molecule has 5 heteroatoms. The van der Waals surface area contributed by atoms with Gasteiger partial charge in [0.2, 0.25) is 5.95 Å². The number of halogens is 1. The van der Waals surface area contributed by atoms with Crippen LogP contribution in [-0.2, 0) is 0 Å². The lowest BCUT2D eigenvalue weighted by Crippen LogP contribution is -1.97. The van der Waals surface area contributed by atoms with Crippen molar-refractivity contribution >= 4 is 17.5 Å². The van der Waals surface area contributed by atoms with Crippen LogP contribution in [0.25, 0.3) is 0 Å². The largest absolute Gasteiger partial charge is 0.368 e. The standard InChI is InChI=1S/C7H7ClN4/c8-6-5(2-1-3-9)4-11-7(10)12-6/h4H,3,9H2,(H2,10,11,12). The molecule has 0 atom stereocenters. The highest BCUT2D eigenvalue weighted by atomic mass is 35.5. The van der Waals surface area contributed by atoms with Gasteiger partial charge in [0.15, 0.2) is 0 Å². The van der Waals surface area contributed by atoms with Gasteiger partial charge in [-0.05, 0) is 0 Å². The van der Waals surface area contributed by atoms with E-state index in [1.54, 1.807) is 0 Å². The number of anilines is 1. The zero-order chi connectivity index (χ0) is 8.97. The van der Waals surface area contributed by atoms with Crippen molar-refractivity contribution in [1.29, 1.82) is 0 Å². The number of nitrogens with zero attached hydrogens (tertiary/aromatic N) is 2. The highest BCUT2D eigenvalue weighted by molar-refractivity contribution is 6.30. The Hall–Kier alpha value is -1.31. The average molecular weight is 183 g/mol. The SMILES string of the molecule is NCC#Cc1cnc(N)nc1Cl. The van der Waals surface area contributed by atoms with Crippen LogP contribution < -0.4 is 11.5 Å². The molecule has 12 heavy (non-hydrogen) atoms. The lowest BCUT2D eigenvalue weighted by atomic mass is 10.3. The van der Waals surface area contributed by atoms with Gasteiger partial charge in [0.1, 0.15) is 5.15 Å². The quantitative estimate of drug-likeness (QED) is 0.438. The minimum atomic E-state index is 0.137. The molecule has 0 amide bonds. The predicted molar refractivity (Wildman–Crippen MR) is 47.4 cm³/mol. The monoisotopic (exact) mass is 182 g/mol. The molecular formula is C7H7ClN4. The van der Waals surface area contributed by atoms with Gasteiger partial charge in [0, 0.05) is 6.20 Å². The molecule has 0 aromatic carbocycles. The molecule has 0 saturated carbocycles. The lowest BCUT2D eigenvalue weighted by Gasteiger charge is -1.94. The summed E-state index contributed by atoms with van der Waals surface area (Å²) in [7, 11) is 0. The van der Waals surface area contributed by atoms with E-state index in [1.165, 1.54) is 6.20 Å². The molecular weight excluding hydrogens is 176 g/mol. The fraction of sp³-hybridized carbons (Fsp3) is 0.143. The van der Waals surface area contributed by atoms with Crippen molar-refractivity contribution in [3.63, 3.8) is 0 Å². The smallest absolute Gasteiger partial charge is 0.221 e. The summed E-state index contributed by atoms with van der Waals surface area (Å²) in [6.45, 7) is 0.278. The average Bonchev–Trinajstić information content (AvgIpc) is 2.03. The van der Waals surface area contributed by atoms with Crippen LogP contribution in [0.4, 0.5) is 5.95 Å². The van der Waals surface area contributed by atoms with Crippen LogP contribution in [0, 0.1) is 11.8 Å². The second kappa shape index (κ2) is 3.90. The number of hydrogen-bond donors (Lipinski definition) is 2. The number of rotatable bonds is 0. The van der Waals surface area contributed by atoms with Crippen molar-refractivity contribution in [3.8, 4) is 11.8 Å². The summed E-state index contributed by atoms with van der Waals surface area (Å²) in [5, 5.41) is 0.253. The maximum Gasteiger partial charge on any atom is 0.221 e. The summed E-state index contributed by atoms with van der Waals surface area (Å²) in [5.41, 5.74) is 11.0. The summed E-state index contributed by atoms with van der Waals surface area (Å²) >= 11 is 5.69. The first-order chi connectivity index (χ1) is 5.74. The Morgan fingerprint density at radius 1 is 1.58 bits per heavy atom. The Labute approximate surface area is 74.9 Å². The summed E-state index contributed by atoms with van der Waals surface area (Å²) in [5.74, 6) is 5.49. The first-order valence-corrected chi connectivity index (χ1v) is 3.59. The molecule has 0 saturated heterocycles. The molecule has 0 unspecified atom stereocenters. The fourth-order valence-electron chi connectivity index (χ4n) is 0.604. The molecule has 1 heterocycles. The summed E-state index contributed by atoms with van der Waals surface area (Å²) in [6, 6.07) is 0. The lowest BCUT2D eigenvalue weighted by molar-refractivity contribution is 1.17. The molecule has 1 aromatic heterocycles. The number of nitrogen functional groups attached to an aromatic ring is 1. The summed E-state index contributed by atoms with van der Waals surface area (Å²) < 4.78 is 0. The predicted octanol–water partition coefficient (Wildman–Crippen LogP) is 0.0224. The van der Waals surface area contributed by atoms with Crippen LogP contribution in [0.3, 0.4) is 0 Å². The molecule has 0 aliphatic carbocycles. The second-order valence-electron chi connectivity index (χ2n) is 1.94. The van der Waals surface area contributed by atoms with Gasteiger partial charge < -0.3 is 11.5 Å². The van der Waals surface area contributed by atoms with E-state index in [9.17, 15) is 0 Å². The Balaban J connectivity index is 3.01. The molecule has 62 valence electrons. The molecule has 0 fully saturated rings. The topological polar surface area (TPSA) is 77.8 Å². The van der Waals surface area contributed by atoms with Crippen molar-refractivity contribution < 1.29 is 0 Å². The molecule has 1 rings (SSSR count). The van der Waals surface area contributed by atoms with E-state index in [4.69, 9.17) is 23.1 Å². The van der Waals surface area contributed by atoms with Crippen molar-refractivity contribution in [2.45, 2.75) is 0 Å². The van der Waals surface area contributed by atoms with E-state index >= 15 is 0 Å². The van der Waals surface area contributed by atoms with E-state index < -0.39 is 0 Å². The number of nitrogens with two attached hydrogens (primary N) is 2. The highest BCUT2D eigenvalue weighted by Gasteiger charge is 1.98. The van der Waals surface area contributed by atoms with Gasteiger partial charge in [-0.25, -0.2) is 4.98 Å². The van der Waals surface area contributed by atoms with Crippen LogP contribution >= 0.6 is 11.6 Å². The number of aromatic nitrogens is 2. The van der Waals surface area contributed by atoms with E-state index in [0.717, 1.165) is 0 Å². The van der Waals surface area contributed by atoms with Gasteiger partial charge in [-0.1, -0.05) is 23.4 Å². The van der Waals surface area contributed by atoms with Crippen molar-refractivity contribution in [2.75, 3.05) is 12.3 Å². The first-order valence-electron chi connectivity index (χ1n) is 3.21. The minimum Gasteiger partial charge on any atom is -0.368 e. The molecule has 0 spiro atoms. The van der Waals surface area contributed by atoms with Crippen LogP contribution in [0.15, 0.2) is 6.20 Å². The van der Waals surface area contributed by atoms with Gasteiger partial charge >= 0.3 is 0 Å². The third-order valence-electron chi connectivity index (χ3n) is 1.09. The maximum absolute atomic E-state index is 5.69. The third-order valence-corrected chi connectivity index (χ3v) is 1.37. The Kier molecular flexibility index (Phi) is 2.86. The minimum absolute atomic E-state index is 0.137. The van der Waals surface area contributed by atoms with Crippen LogP contribution in [0.5, 0.6) is 0 Å². The Morgan fingerprint density at radius 2 is 2.33 bits per heavy atom. The Bertz CT molecular complexity index is 339. The zero-order valence-electron chi connectivity index (χ0n) is 6.21. The summed E-state index contributed by atoms with van der Waals surface area (Å²) in [4.78, 5) is 7.45. The zero-order valence-corrected chi connectivity index (χ0v) is 6.97. The van der Waals surface area contributed by atoms with E-state index in [-0.39, 0.29) is 17.6 Å². The fourth-order valence-corrected chi connectivity index (χ4v) is 0.786. The normalized spacial score (nSPS) is 8.83. The van der Waals surface area contributed by atoms with E-state index in [0.29, 0.717) is 5.56 Å². The molecule has 0 radical (unpaired) electrons. The van der Waals surface area contributed by atoms with E-state index in [1.807, 2.05) is 0 Å². The van der Waals surface area contributed by atoms with Gasteiger partial charge in [-0.15, -0.1) is 0 Å². The third kappa shape index (κ3) is 2.09. The van der Waals surface area contributed by atoms with Crippen molar-refractivity contribution in [2.24, 2.45) is 5.73 Å². The molecule has 4 nitrogen and oxygen atoms in total. The molecule has 0 aliphatic rings. The van der Waals surface area contributed by atoms with Crippen LogP contribution in [0.2, 0.25) is 5.15 Å². The number of hydrogen-bond acceptors (Lipinski definition) is 4. The maximum atomic E-state index is 5.69. The molecule has 1 aromatic rings. The van der Waals surface area contributed by atoms with Gasteiger partial charge in [-0.3, -0.25) is 0 Å². The first kappa shape index (κ1) is 8.78. The second-order valence-corrected chi connectivity index (χ2v) is 2.30. The molecule has 4 N–H and O–H groups in total. The van der Waals surface area contributed by atoms with Gasteiger partial charge in [0.25, 0.3) is 0 Å². The van der Waals surface area contributed by atoms with Crippen molar-refractivity contribution in [3.05, 3.63) is 16.9 Å². The summed E-state index contributed by atoms with van der Waals surface area (Å²) in [6.07, 6.45) is 1.47. The van der Waals surface area contributed by atoms with Crippen LogP contribution in [-0.4, -0.2) is 16.5 Å².